The smallest absolute Gasteiger partial charge is 0.164 e. The molecule has 1 spiro atoms. The van der Waals surface area contributed by atoms with Crippen LogP contribution in [0.2, 0.25) is 5.02 Å². The molecule has 6 nitrogen and oxygen atoms in total. The Morgan fingerprint density at radius 1 is 1.06 bits per heavy atom. The Bertz CT molecular complexity index is 1060. The van der Waals surface area contributed by atoms with E-state index in [1.54, 1.807) is 7.11 Å². The molecule has 3 heterocycles. The van der Waals surface area contributed by atoms with Crippen LogP contribution in [0.25, 0.3) is 11.4 Å². The summed E-state index contributed by atoms with van der Waals surface area (Å²) in [5.41, 5.74) is 2.38. The van der Waals surface area contributed by atoms with E-state index in [9.17, 15) is 0 Å². The van der Waals surface area contributed by atoms with Gasteiger partial charge in [0.15, 0.2) is 5.82 Å². The molecule has 0 aliphatic carbocycles. The molecule has 0 N–H and O–H groups in total. The van der Waals surface area contributed by atoms with Gasteiger partial charge in [0.05, 0.1) is 19.2 Å². The van der Waals surface area contributed by atoms with Crippen LogP contribution in [0.3, 0.4) is 0 Å². The molecule has 1 aromatic heterocycles. The molecule has 0 unspecified atom stereocenters. The lowest BCUT2D eigenvalue weighted by atomic mass is 9.84. The van der Waals surface area contributed by atoms with Crippen LogP contribution in [0, 0.1) is 0 Å². The van der Waals surface area contributed by atoms with Gasteiger partial charge < -0.3 is 9.30 Å². The maximum absolute atomic E-state index is 6.18. The molecule has 3 aromatic rings. The number of fused-ring (bicyclic) bond motifs is 2. The van der Waals surface area contributed by atoms with Gasteiger partial charge in [0, 0.05) is 36.8 Å². The molecule has 0 atom stereocenters. The number of likely N-dealkylation sites (N-methyl/N-ethyl adjacent to an activating group) is 1. The summed E-state index contributed by atoms with van der Waals surface area (Å²) in [5, 5.41) is 10.0. The summed E-state index contributed by atoms with van der Waals surface area (Å²) in [6.07, 6.45) is 2.15. The Labute approximate surface area is 188 Å². The molecular formula is C24H28ClN5O. The van der Waals surface area contributed by atoms with Crippen LogP contribution in [0.1, 0.15) is 24.2 Å². The van der Waals surface area contributed by atoms with Crippen molar-refractivity contribution in [2.75, 3.05) is 33.8 Å². The van der Waals surface area contributed by atoms with Gasteiger partial charge in [-0.2, -0.15) is 0 Å². The Kier molecular flexibility index (Phi) is 5.46. The molecule has 7 heteroatoms. The summed E-state index contributed by atoms with van der Waals surface area (Å²) in [5.74, 6) is 2.88. The lowest BCUT2D eigenvalue weighted by Crippen LogP contribution is -2.55. The van der Waals surface area contributed by atoms with Crippen LogP contribution < -0.4 is 4.74 Å². The lowest BCUT2D eigenvalue weighted by molar-refractivity contribution is 0.0490. The summed E-state index contributed by atoms with van der Waals surface area (Å²) in [7, 11) is 3.88. The predicted octanol–water partition coefficient (Wildman–Crippen LogP) is 4.04. The van der Waals surface area contributed by atoms with E-state index in [2.05, 4.69) is 55.9 Å². The Balaban J connectivity index is 1.41. The number of hydrogen-bond acceptors (Lipinski definition) is 5. The second-order valence-electron chi connectivity index (χ2n) is 8.81. The quantitative estimate of drug-likeness (QED) is 0.616. The number of ether oxygens (including phenoxy) is 1. The van der Waals surface area contributed by atoms with Crippen molar-refractivity contribution in [2.45, 2.75) is 31.5 Å². The number of methoxy groups -OCH3 is 1. The maximum Gasteiger partial charge on any atom is 0.164 e. The highest BCUT2D eigenvalue weighted by molar-refractivity contribution is 6.30. The molecule has 0 amide bonds. The van der Waals surface area contributed by atoms with Crippen LogP contribution in [-0.4, -0.2) is 58.4 Å². The van der Waals surface area contributed by atoms with Crippen LogP contribution in [0.5, 0.6) is 5.75 Å². The van der Waals surface area contributed by atoms with Gasteiger partial charge in [-0.25, -0.2) is 0 Å². The fourth-order valence-corrected chi connectivity index (χ4v) is 5.33. The highest BCUT2D eigenvalue weighted by atomic mass is 35.5. The van der Waals surface area contributed by atoms with Gasteiger partial charge in [0.1, 0.15) is 11.6 Å². The minimum atomic E-state index is 0.0198. The number of rotatable bonds is 4. The van der Waals surface area contributed by atoms with Crippen molar-refractivity contribution in [3.8, 4) is 17.1 Å². The Morgan fingerprint density at radius 3 is 2.55 bits per heavy atom. The summed E-state index contributed by atoms with van der Waals surface area (Å²) in [4.78, 5) is 4.91. The van der Waals surface area contributed by atoms with Crippen molar-refractivity contribution in [2.24, 2.45) is 0 Å². The number of likely N-dealkylation sites (tertiary alicyclic amines) is 1. The summed E-state index contributed by atoms with van der Waals surface area (Å²) in [6, 6.07) is 16.3. The molecule has 2 aliphatic heterocycles. The first-order valence-corrected chi connectivity index (χ1v) is 11.2. The Morgan fingerprint density at radius 2 is 1.84 bits per heavy atom. The summed E-state index contributed by atoms with van der Waals surface area (Å²) < 4.78 is 7.76. The van der Waals surface area contributed by atoms with Gasteiger partial charge in [0.25, 0.3) is 0 Å². The first-order valence-electron chi connectivity index (χ1n) is 10.8. The number of halogens is 1. The molecule has 0 saturated carbocycles. The average molecular weight is 438 g/mol. The largest absolute Gasteiger partial charge is 0.497 e. The molecule has 0 radical (unpaired) electrons. The molecule has 0 bridgehead atoms. The van der Waals surface area contributed by atoms with Crippen molar-refractivity contribution in [1.29, 1.82) is 0 Å². The third-order valence-electron chi connectivity index (χ3n) is 6.61. The van der Waals surface area contributed by atoms with Crippen LogP contribution >= 0.6 is 11.6 Å². The minimum absolute atomic E-state index is 0.0198. The SMILES string of the molecule is COc1ccc(-c2nnc3n2C2(CCN(Cc4cccc(Cl)c4)CC2)CN(C)C3)cc1. The number of aromatic nitrogens is 3. The second-order valence-corrected chi connectivity index (χ2v) is 9.24. The number of benzene rings is 2. The third-order valence-corrected chi connectivity index (χ3v) is 6.85. The van der Waals surface area contributed by atoms with Crippen molar-refractivity contribution in [3.63, 3.8) is 0 Å². The number of nitrogens with zero attached hydrogens (tertiary/aromatic N) is 5. The highest BCUT2D eigenvalue weighted by Gasteiger charge is 2.43. The van der Waals surface area contributed by atoms with E-state index in [-0.39, 0.29) is 5.54 Å². The zero-order valence-corrected chi connectivity index (χ0v) is 18.8. The van der Waals surface area contributed by atoms with Gasteiger partial charge in [-0.1, -0.05) is 23.7 Å². The number of hydrogen-bond donors (Lipinski definition) is 0. The average Bonchev–Trinajstić information content (AvgIpc) is 3.20. The van der Waals surface area contributed by atoms with E-state index in [0.29, 0.717) is 0 Å². The molecule has 1 fully saturated rings. The molecule has 2 aromatic carbocycles. The normalized spacial score (nSPS) is 18.8. The molecule has 162 valence electrons. The molecular weight excluding hydrogens is 410 g/mol. The van der Waals surface area contributed by atoms with Gasteiger partial charge in [-0.05, 0) is 61.9 Å². The van der Waals surface area contributed by atoms with Crippen molar-refractivity contribution in [3.05, 3.63) is 64.9 Å². The third kappa shape index (κ3) is 3.95. The van der Waals surface area contributed by atoms with Crippen molar-refractivity contribution in [1.82, 2.24) is 24.6 Å². The zero-order chi connectivity index (χ0) is 21.4. The van der Waals surface area contributed by atoms with Gasteiger partial charge in [0.2, 0.25) is 0 Å². The van der Waals surface area contributed by atoms with E-state index in [4.69, 9.17) is 16.3 Å². The fraction of sp³-hybridized carbons (Fsp3) is 0.417. The molecule has 2 aliphatic rings. The topological polar surface area (TPSA) is 46.4 Å². The van der Waals surface area contributed by atoms with E-state index >= 15 is 0 Å². The van der Waals surface area contributed by atoms with E-state index in [1.807, 2.05) is 24.3 Å². The van der Waals surface area contributed by atoms with E-state index in [0.717, 1.165) is 73.5 Å². The van der Waals surface area contributed by atoms with Crippen molar-refractivity contribution >= 4 is 11.6 Å². The van der Waals surface area contributed by atoms with Crippen LogP contribution in [0.4, 0.5) is 0 Å². The van der Waals surface area contributed by atoms with Gasteiger partial charge >= 0.3 is 0 Å². The standard InChI is InChI=1S/C24H28ClN5O/c1-28-16-22-26-27-23(19-6-8-21(31-2)9-7-19)30(22)24(17-28)10-12-29(13-11-24)15-18-4-3-5-20(25)14-18/h3-9,14H,10-13,15-17H2,1-2H3. The van der Waals surface area contributed by atoms with Crippen LogP contribution in [-0.2, 0) is 18.6 Å². The van der Waals surface area contributed by atoms with Crippen molar-refractivity contribution < 1.29 is 4.74 Å². The minimum Gasteiger partial charge on any atom is -0.497 e. The lowest BCUT2D eigenvalue weighted by Gasteiger charge is -2.48. The summed E-state index contributed by atoms with van der Waals surface area (Å²) >= 11 is 6.18. The molecule has 31 heavy (non-hydrogen) atoms. The number of piperidine rings is 1. The molecule has 1 saturated heterocycles. The van der Waals surface area contributed by atoms with E-state index < -0.39 is 0 Å². The molecule has 5 rings (SSSR count). The van der Waals surface area contributed by atoms with E-state index in [1.165, 1.54) is 5.56 Å². The van der Waals surface area contributed by atoms with Crippen LogP contribution in [0.15, 0.2) is 48.5 Å². The second kappa shape index (κ2) is 8.26. The maximum atomic E-state index is 6.18. The zero-order valence-electron chi connectivity index (χ0n) is 18.1. The highest BCUT2D eigenvalue weighted by Crippen LogP contribution is 2.39. The Hall–Kier alpha value is -2.41. The van der Waals surface area contributed by atoms with Gasteiger partial charge in [-0.3, -0.25) is 9.80 Å². The fourth-order valence-electron chi connectivity index (χ4n) is 5.12. The van der Waals surface area contributed by atoms with Gasteiger partial charge in [-0.15, -0.1) is 10.2 Å². The summed E-state index contributed by atoms with van der Waals surface area (Å²) in [6.45, 7) is 4.87. The predicted molar refractivity (Wildman–Crippen MR) is 122 cm³/mol. The monoisotopic (exact) mass is 437 g/mol. The first kappa shape index (κ1) is 20.5. The first-order chi connectivity index (χ1) is 15.1.